The Morgan fingerprint density at radius 2 is 1.96 bits per heavy atom. The first kappa shape index (κ1) is 15.5. The van der Waals surface area contributed by atoms with Gasteiger partial charge >= 0.3 is 0 Å². The second-order valence-electron chi connectivity index (χ2n) is 8.54. The predicted octanol–water partition coefficient (Wildman–Crippen LogP) is 1.00. The van der Waals surface area contributed by atoms with E-state index in [-0.39, 0.29) is 17.2 Å². The molecule has 0 radical (unpaired) electrons. The summed E-state index contributed by atoms with van der Waals surface area (Å²) in [5, 5.41) is 8.62. The minimum atomic E-state index is -3.16. The van der Waals surface area contributed by atoms with Gasteiger partial charge in [-0.2, -0.15) is 5.10 Å². The van der Waals surface area contributed by atoms with Crippen LogP contribution >= 0.6 is 0 Å². The van der Waals surface area contributed by atoms with Crippen LogP contribution in [0, 0.1) is 17.3 Å². The molecule has 0 aromatic carbocycles. The number of hydrogen-bond donors (Lipinski definition) is 1. The van der Waals surface area contributed by atoms with E-state index in [0.717, 1.165) is 32.1 Å². The molecule has 5 aliphatic rings. The molecule has 1 aromatic heterocycles. The van der Waals surface area contributed by atoms with Crippen molar-refractivity contribution < 1.29 is 13.2 Å². The van der Waals surface area contributed by atoms with E-state index < -0.39 is 21.3 Å². The molecule has 6 rings (SSSR count). The van der Waals surface area contributed by atoms with Crippen molar-refractivity contribution in [1.29, 1.82) is 0 Å². The number of amides is 1. The van der Waals surface area contributed by atoms with Crippen LogP contribution in [0.15, 0.2) is 24.1 Å². The summed E-state index contributed by atoms with van der Waals surface area (Å²) in [6.07, 6.45) is 10.9. The van der Waals surface area contributed by atoms with E-state index in [2.05, 4.69) is 15.4 Å². The molecule has 3 atom stereocenters. The number of carbonyl (C=O) groups is 1. The molecule has 8 heteroatoms. The Bertz CT molecular complexity index is 831. The lowest BCUT2D eigenvalue weighted by atomic mass is 9.46. The summed E-state index contributed by atoms with van der Waals surface area (Å²) in [5.74, 6) is 1.09. The van der Waals surface area contributed by atoms with Gasteiger partial charge in [-0.25, -0.2) is 18.1 Å². The highest BCUT2D eigenvalue weighted by molar-refractivity contribution is 7.94. The van der Waals surface area contributed by atoms with Crippen LogP contribution in [0.1, 0.15) is 38.5 Å². The van der Waals surface area contributed by atoms with Gasteiger partial charge in [0, 0.05) is 5.41 Å². The molecule has 4 fully saturated rings. The number of hydrogen-bond acceptors (Lipinski definition) is 5. The second kappa shape index (κ2) is 4.93. The molecular weight excluding hydrogens is 340 g/mol. The van der Waals surface area contributed by atoms with E-state index in [1.807, 2.05) is 4.68 Å². The minimum Gasteiger partial charge on any atom is -0.348 e. The summed E-state index contributed by atoms with van der Waals surface area (Å²) < 4.78 is 25.2. The maximum absolute atomic E-state index is 13.2. The fourth-order valence-corrected chi connectivity index (χ4v) is 7.42. The van der Waals surface area contributed by atoms with Crippen LogP contribution in [0.5, 0.6) is 0 Å². The summed E-state index contributed by atoms with van der Waals surface area (Å²) in [6, 6.07) is -0.396. The third-order valence-corrected chi connectivity index (χ3v) is 8.06. The topological polar surface area (TPSA) is 94.0 Å². The van der Waals surface area contributed by atoms with Crippen molar-refractivity contribution in [3.05, 3.63) is 24.1 Å². The normalized spacial score (nSPS) is 43.4. The zero-order valence-electron chi connectivity index (χ0n) is 14.0. The molecule has 0 spiro atoms. The van der Waals surface area contributed by atoms with Gasteiger partial charge in [0.25, 0.3) is 0 Å². The van der Waals surface area contributed by atoms with Crippen molar-refractivity contribution in [1.82, 2.24) is 20.1 Å². The van der Waals surface area contributed by atoms with Gasteiger partial charge in [0.05, 0.1) is 22.7 Å². The Labute approximate surface area is 146 Å². The van der Waals surface area contributed by atoms with Gasteiger partial charge in [-0.3, -0.25) is 4.79 Å². The van der Waals surface area contributed by atoms with Crippen LogP contribution in [0.3, 0.4) is 0 Å². The van der Waals surface area contributed by atoms with Crippen LogP contribution in [0.4, 0.5) is 0 Å². The second-order valence-corrected chi connectivity index (χ2v) is 10.5. The fraction of sp³-hybridized carbons (Fsp3) is 0.706. The van der Waals surface area contributed by atoms with Crippen molar-refractivity contribution in [2.45, 2.75) is 50.1 Å². The maximum atomic E-state index is 13.2. The van der Waals surface area contributed by atoms with Crippen LogP contribution in [-0.2, 0) is 20.2 Å². The molecule has 25 heavy (non-hydrogen) atoms. The summed E-state index contributed by atoms with van der Waals surface area (Å²) in [4.78, 5) is 17.3. The monoisotopic (exact) mass is 362 g/mol. The highest BCUT2D eigenvalue weighted by Gasteiger charge is 2.61. The molecule has 0 unspecified atom stereocenters. The van der Waals surface area contributed by atoms with Crippen LogP contribution in [0.2, 0.25) is 0 Å². The molecule has 1 aromatic rings. The molecule has 1 amide bonds. The van der Waals surface area contributed by atoms with Gasteiger partial charge < -0.3 is 5.32 Å². The van der Waals surface area contributed by atoms with Gasteiger partial charge in [-0.1, -0.05) is 0 Å². The van der Waals surface area contributed by atoms with Gasteiger partial charge in [-0.05, 0) is 56.4 Å². The van der Waals surface area contributed by atoms with E-state index in [0.29, 0.717) is 11.8 Å². The Kier molecular flexibility index (Phi) is 3.07. The number of rotatable bonds is 3. The summed E-state index contributed by atoms with van der Waals surface area (Å²) in [6.45, 7) is 0. The largest absolute Gasteiger partial charge is 0.348 e. The van der Waals surface area contributed by atoms with Crippen molar-refractivity contribution in [2.24, 2.45) is 17.3 Å². The van der Waals surface area contributed by atoms with Crippen LogP contribution < -0.4 is 5.32 Å². The summed E-state index contributed by atoms with van der Waals surface area (Å²) in [7, 11) is -3.16. The van der Waals surface area contributed by atoms with E-state index in [9.17, 15) is 13.2 Å². The number of aromatic nitrogens is 3. The summed E-state index contributed by atoms with van der Waals surface area (Å²) in [5.41, 5.74) is -0.494. The highest BCUT2D eigenvalue weighted by atomic mass is 32.2. The average molecular weight is 362 g/mol. The first-order valence-corrected chi connectivity index (χ1v) is 10.7. The lowest BCUT2D eigenvalue weighted by Gasteiger charge is -2.61. The molecule has 7 nitrogen and oxygen atoms in total. The third kappa shape index (κ3) is 2.37. The Balaban J connectivity index is 1.43. The number of nitrogens with zero attached hydrogens (tertiary/aromatic N) is 3. The van der Waals surface area contributed by atoms with E-state index in [1.165, 1.54) is 11.8 Å². The fourth-order valence-electron chi connectivity index (χ4n) is 6.19. The average Bonchev–Trinajstić information content (AvgIpc) is 3.16. The van der Waals surface area contributed by atoms with Crippen LogP contribution in [-0.4, -0.2) is 40.9 Å². The highest BCUT2D eigenvalue weighted by Crippen LogP contribution is 2.64. The molecule has 1 N–H and O–H groups in total. The standard InChI is InChI=1S/C17H22N4O3S/c22-15(20-14-1-2-25(23,24)8-14)16-4-12-3-13(5-16)7-17(6-12,9-16)21-11-18-10-19-21/h1-2,10-14H,3-9H2,(H,20,22)/t12-,13-,14+,16?,17?/m0/s1. The minimum absolute atomic E-state index is 0.0180. The number of sulfone groups is 1. The molecule has 134 valence electrons. The lowest BCUT2D eigenvalue weighted by molar-refractivity contribution is -0.156. The van der Waals surface area contributed by atoms with Crippen molar-refractivity contribution in [2.75, 3.05) is 5.75 Å². The maximum Gasteiger partial charge on any atom is 0.226 e. The van der Waals surface area contributed by atoms with E-state index >= 15 is 0 Å². The Hall–Kier alpha value is -1.70. The van der Waals surface area contributed by atoms with Crippen molar-refractivity contribution in [3.63, 3.8) is 0 Å². The van der Waals surface area contributed by atoms with Gasteiger partial charge in [-0.15, -0.1) is 0 Å². The third-order valence-electron chi connectivity index (χ3n) is 6.66. The zero-order chi connectivity index (χ0) is 17.3. The molecular formula is C17H22N4O3S. The quantitative estimate of drug-likeness (QED) is 0.866. The van der Waals surface area contributed by atoms with Gasteiger partial charge in [0.1, 0.15) is 12.7 Å². The van der Waals surface area contributed by atoms with Crippen molar-refractivity contribution in [3.8, 4) is 0 Å². The van der Waals surface area contributed by atoms with E-state index in [1.54, 1.807) is 18.7 Å². The molecule has 4 saturated carbocycles. The molecule has 1 aliphatic heterocycles. The van der Waals surface area contributed by atoms with E-state index in [4.69, 9.17) is 0 Å². The number of carbonyl (C=O) groups excluding carboxylic acids is 1. The number of nitrogens with one attached hydrogen (secondary N) is 1. The molecule has 2 heterocycles. The Morgan fingerprint density at radius 3 is 2.56 bits per heavy atom. The zero-order valence-corrected chi connectivity index (χ0v) is 14.8. The van der Waals surface area contributed by atoms with Crippen LogP contribution in [0.25, 0.3) is 0 Å². The van der Waals surface area contributed by atoms with Gasteiger partial charge in [0.2, 0.25) is 5.91 Å². The first-order valence-electron chi connectivity index (χ1n) is 8.95. The van der Waals surface area contributed by atoms with Crippen molar-refractivity contribution >= 4 is 15.7 Å². The Morgan fingerprint density at radius 1 is 1.20 bits per heavy atom. The predicted molar refractivity (Wildman–Crippen MR) is 90.0 cm³/mol. The lowest BCUT2D eigenvalue weighted by Crippen LogP contribution is -2.61. The molecule has 4 aliphatic carbocycles. The smallest absolute Gasteiger partial charge is 0.226 e. The summed E-state index contributed by atoms with van der Waals surface area (Å²) >= 11 is 0. The molecule has 4 bridgehead atoms. The molecule has 0 saturated heterocycles. The SMILES string of the molecule is O=C(N[C@@H]1C=CS(=O)(=O)C1)C12C[C@@H]3C[C@@H](C1)CC(n1cncn1)(C3)C2. The van der Waals surface area contributed by atoms with Gasteiger partial charge in [0.15, 0.2) is 9.84 Å². The first-order chi connectivity index (χ1) is 11.9.